The van der Waals surface area contributed by atoms with Crippen molar-refractivity contribution in [3.05, 3.63) is 28.8 Å². The summed E-state index contributed by atoms with van der Waals surface area (Å²) >= 11 is 0. The Hall–Kier alpha value is -1.02. The molecule has 2 rings (SSSR count). The van der Waals surface area contributed by atoms with Crippen molar-refractivity contribution >= 4 is 0 Å². The number of benzene rings is 1. The Kier molecular flexibility index (Phi) is 3.20. The average molecular weight is 220 g/mol. The van der Waals surface area contributed by atoms with Crippen LogP contribution in [-0.2, 0) is 0 Å². The second kappa shape index (κ2) is 4.46. The molecule has 1 saturated carbocycles. The van der Waals surface area contributed by atoms with Gasteiger partial charge in [-0.2, -0.15) is 0 Å². The first-order valence-electron chi connectivity index (χ1n) is 6.05. The Bertz CT molecular complexity index is 381. The van der Waals surface area contributed by atoms with Crippen molar-refractivity contribution in [2.75, 3.05) is 6.61 Å². The van der Waals surface area contributed by atoms with Crippen LogP contribution >= 0.6 is 0 Å². The van der Waals surface area contributed by atoms with Crippen LogP contribution in [0.4, 0.5) is 0 Å². The summed E-state index contributed by atoms with van der Waals surface area (Å²) < 4.78 is 5.55. The van der Waals surface area contributed by atoms with Crippen LogP contribution in [0.15, 0.2) is 12.1 Å². The van der Waals surface area contributed by atoms with Gasteiger partial charge in [0.2, 0.25) is 0 Å². The Morgan fingerprint density at radius 2 is 2.00 bits per heavy atom. The van der Waals surface area contributed by atoms with Crippen molar-refractivity contribution in [3.63, 3.8) is 0 Å². The van der Waals surface area contributed by atoms with Gasteiger partial charge in [0.25, 0.3) is 0 Å². The van der Waals surface area contributed by atoms with E-state index in [9.17, 15) is 5.11 Å². The van der Waals surface area contributed by atoms with Gasteiger partial charge in [-0.25, -0.2) is 0 Å². The molecule has 1 aromatic carbocycles. The highest BCUT2D eigenvalue weighted by molar-refractivity contribution is 5.42. The van der Waals surface area contributed by atoms with E-state index < -0.39 is 0 Å². The summed E-state index contributed by atoms with van der Waals surface area (Å²) in [5.74, 6) is 1.42. The molecule has 1 N–H and O–H groups in total. The zero-order chi connectivity index (χ0) is 11.7. The van der Waals surface area contributed by atoms with Crippen molar-refractivity contribution in [1.82, 2.24) is 0 Å². The molecule has 0 radical (unpaired) electrons. The lowest BCUT2D eigenvalue weighted by atomic mass is 9.97. The molecule has 1 unspecified atom stereocenters. The molecule has 1 aliphatic carbocycles. The van der Waals surface area contributed by atoms with Gasteiger partial charge in [0.15, 0.2) is 0 Å². The third-order valence-electron chi connectivity index (χ3n) is 3.25. The zero-order valence-corrected chi connectivity index (χ0v) is 10.3. The topological polar surface area (TPSA) is 29.5 Å². The van der Waals surface area contributed by atoms with Crippen LogP contribution in [0.1, 0.15) is 42.6 Å². The molecule has 16 heavy (non-hydrogen) atoms. The van der Waals surface area contributed by atoms with Crippen LogP contribution in [0.3, 0.4) is 0 Å². The molecular formula is C14H20O2. The molecule has 0 spiro atoms. The first kappa shape index (κ1) is 11.5. The minimum atomic E-state index is -0.283. The van der Waals surface area contributed by atoms with Gasteiger partial charge in [-0.15, -0.1) is 0 Å². The normalized spacial score (nSPS) is 17.2. The maximum Gasteiger partial charge on any atom is 0.122 e. The van der Waals surface area contributed by atoms with Gasteiger partial charge in [0, 0.05) is 0 Å². The van der Waals surface area contributed by atoms with E-state index in [2.05, 4.69) is 6.07 Å². The van der Waals surface area contributed by atoms with E-state index in [1.807, 2.05) is 26.8 Å². The van der Waals surface area contributed by atoms with Crippen LogP contribution in [0.25, 0.3) is 0 Å². The Balaban J connectivity index is 2.29. The molecule has 1 fully saturated rings. The van der Waals surface area contributed by atoms with Crippen LogP contribution in [-0.4, -0.2) is 11.7 Å². The summed E-state index contributed by atoms with van der Waals surface area (Å²) in [5, 5.41) is 10.1. The molecule has 0 saturated heterocycles. The van der Waals surface area contributed by atoms with Gasteiger partial charge in [-0.3, -0.25) is 0 Å². The van der Waals surface area contributed by atoms with Gasteiger partial charge < -0.3 is 9.84 Å². The minimum absolute atomic E-state index is 0.283. The standard InChI is InChI=1S/C14H20O2/c1-4-16-13-8-9(2)12(7-10(13)3)14(15)11-5-6-11/h7-8,11,14-15H,4-6H2,1-3H3. The number of hydrogen-bond donors (Lipinski definition) is 1. The molecule has 88 valence electrons. The van der Waals surface area contributed by atoms with E-state index in [4.69, 9.17) is 4.74 Å². The molecule has 2 heteroatoms. The summed E-state index contributed by atoms with van der Waals surface area (Å²) in [5.41, 5.74) is 3.32. The lowest BCUT2D eigenvalue weighted by molar-refractivity contribution is 0.153. The smallest absolute Gasteiger partial charge is 0.122 e. The quantitative estimate of drug-likeness (QED) is 0.844. The van der Waals surface area contributed by atoms with E-state index >= 15 is 0 Å². The molecule has 1 aliphatic rings. The molecule has 0 amide bonds. The van der Waals surface area contributed by atoms with Gasteiger partial charge in [0.05, 0.1) is 12.7 Å². The maximum atomic E-state index is 10.1. The predicted molar refractivity (Wildman–Crippen MR) is 64.8 cm³/mol. The number of aliphatic hydroxyl groups excluding tert-OH is 1. The number of ether oxygens (including phenoxy) is 1. The van der Waals surface area contributed by atoms with Crippen LogP contribution in [0, 0.1) is 19.8 Å². The maximum absolute atomic E-state index is 10.1. The number of aryl methyl sites for hydroxylation is 2. The van der Waals surface area contributed by atoms with Crippen LogP contribution < -0.4 is 4.74 Å². The Labute approximate surface area is 97.3 Å². The van der Waals surface area contributed by atoms with E-state index in [1.165, 1.54) is 0 Å². The monoisotopic (exact) mass is 220 g/mol. The van der Waals surface area contributed by atoms with E-state index in [-0.39, 0.29) is 6.10 Å². The molecule has 1 aromatic rings. The highest BCUT2D eigenvalue weighted by Crippen LogP contribution is 2.42. The fourth-order valence-corrected chi connectivity index (χ4v) is 2.11. The van der Waals surface area contributed by atoms with Crippen LogP contribution in [0.5, 0.6) is 5.75 Å². The third-order valence-corrected chi connectivity index (χ3v) is 3.25. The molecule has 1 atom stereocenters. The molecule has 0 heterocycles. The molecular weight excluding hydrogens is 200 g/mol. The van der Waals surface area contributed by atoms with Crippen molar-refractivity contribution in [2.24, 2.45) is 5.92 Å². The lowest BCUT2D eigenvalue weighted by Gasteiger charge is -2.16. The fraction of sp³-hybridized carbons (Fsp3) is 0.571. The van der Waals surface area contributed by atoms with Crippen molar-refractivity contribution in [1.29, 1.82) is 0 Å². The summed E-state index contributed by atoms with van der Waals surface area (Å²) in [7, 11) is 0. The minimum Gasteiger partial charge on any atom is -0.494 e. The van der Waals surface area contributed by atoms with E-state index in [1.54, 1.807) is 0 Å². The highest BCUT2D eigenvalue weighted by Gasteiger charge is 2.31. The van der Waals surface area contributed by atoms with Gasteiger partial charge in [-0.05, 0) is 68.4 Å². The SMILES string of the molecule is CCOc1cc(C)c(C(O)C2CC2)cc1C. The molecule has 2 nitrogen and oxygen atoms in total. The number of aliphatic hydroxyl groups is 1. The average Bonchev–Trinajstić information content (AvgIpc) is 3.06. The summed E-state index contributed by atoms with van der Waals surface area (Å²) in [4.78, 5) is 0. The van der Waals surface area contributed by atoms with E-state index in [0.29, 0.717) is 12.5 Å². The van der Waals surface area contributed by atoms with Crippen molar-refractivity contribution in [2.45, 2.75) is 39.7 Å². The summed E-state index contributed by atoms with van der Waals surface area (Å²) in [6.07, 6.45) is 2.04. The van der Waals surface area contributed by atoms with Gasteiger partial charge in [0.1, 0.15) is 5.75 Å². The van der Waals surface area contributed by atoms with E-state index in [0.717, 1.165) is 35.3 Å². The second-order valence-corrected chi connectivity index (χ2v) is 4.69. The van der Waals surface area contributed by atoms with Gasteiger partial charge in [-0.1, -0.05) is 0 Å². The summed E-state index contributed by atoms with van der Waals surface area (Å²) in [6.45, 7) is 6.75. The largest absolute Gasteiger partial charge is 0.494 e. The van der Waals surface area contributed by atoms with Crippen molar-refractivity contribution < 1.29 is 9.84 Å². The Morgan fingerprint density at radius 3 is 2.56 bits per heavy atom. The Morgan fingerprint density at radius 1 is 1.31 bits per heavy atom. The zero-order valence-electron chi connectivity index (χ0n) is 10.3. The van der Waals surface area contributed by atoms with Gasteiger partial charge >= 0.3 is 0 Å². The molecule has 0 aliphatic heterocycles. The van der Waals surface area contributed by atoms with Crippen LogP contribution in [0.2, 0.25) is 0 Å². The lowest BCUT2D eigenvalue weighted by Crippen LogP contribution is -2.04. The third kappa shape index (κ3) is 2.22. The second-order valence-electron chi connectivity index (χ2n) is 4.69. The van der Waals surface area contributed by atoms with Crippen molar-refractivity contribution in [3.8, 4) is 5.75 Å². The highest BCUT2D eigenvalue weighted by atomic mass is 16.5. The summed E-state index contributed by atoms with van der Waals surface area (Å²) in [6, 6.07) is 4.11. The molecule has 0 bridgehead atoms. The first-order chi connectivity index (χ1) is 7.63. The first-order valence-corrected chi connectivity index (χ1v) is 6.05. The number of hydrogen-bond acceptors (Lipinski definition) is 2. The predicted octanol–water partition coefficient (Wildman–Crippen LogP) is 3.15. The fourth-order valence-electron chi connectivity index (χ4n) is 2.11. The number of rotatable bonds is 4. The molecule has 0 aromatic heterocycles.